The van der Waals surface area contributed by atoms with Gasteiger partial charge < -0.3 is 20.7 Å². The molecule has 2 rings (SSSR count). The summed E-state index contributed by atoms with van der Waals surface area (Å²) in [4.78, 5) is 24.4. The third kappa shape index (κ3) is 6.61. The third-order valence-electron chi connectivity index (χ3n) is 3.77. The molecule has 0 atom stereocenters. The van der Waals surface area contributed by atoms with Gasteiger partial charge in [-0.25, -0.2) is 0 Å². The summed E-state index contributed by atoms with van der Waals surface area (Å²) in [6.07, 6.45) is 0.0443. The number of carbonyl (C=O) groups excluding carboxylic acids is 2. The first-order valence-electron chi connectivity index (χ1n) is 9.36. The molecule has 6 nitrogen and oxygen atoms in total. The highest BCUT2D eigenvalue weighted by atomic mass is 16.5. The van der Waals surface area contributed by atoms with Crippen molar-refractivity contribution < 1.29 is 14.3 Å². The Kier molecular flexibility index (Phi) is 7.04. The van der Waals surface area contributed by atoms with Crippen LogP contribution in [0.15, 0.2) is 48.5 Å². The van der Waals surface area contributed by atoms with Crippen molar-refractivity contribution >= 4 is 28.9 Å². The zero-order chi connectivity index (χ0) is 20.7. The Balaban J connectivity index is 1.95. The van der Waals surface area contributed by atoms with Crippen molar-refractivity contribution in [2.75, 3.05) is 22.5 Å². The summed E-state index contributed by atoms with van der Waals surface area (Å²) >= 11 is 0. The van der Waals surface area contributed by atoms with E-state index < -0.39 is 5.41 Å². The van der Waals surface area contributed by atoms with Crippen LogP contribution in [0.25, 0.3) is 0 Å². The molecule has 2 aromatic rings. The first-order chi connectivity index (χ1) is 13.1. The van der Waals surface area contributed by atoms with Gasteiger partial charge in [-0.1, -0.05) is 39.0 Å². The number of nitrogens with one attached hydrogen (secondary N) is 3. The number of carbonyl (C=O) groups is 2. The van der Waals surface area contributed by atoms with Crippen molar-refractivity contribution in [3.63, 3.8) is 0 Å². The molecule has 0 saturated carbocycles. The molecule has 2 aromatic carbocycles. The highest BCUT2D eigenvalue weighted by Gasteiger charge is 2.21. The zero-order valence-corrected chi connectivity index (χ0v) is 17.1. The molecule has 0 aliphatic carbocycles. The molecule has 2 amide bonds. The molecule has 0 saturated heterocycles. The van der Waals surface area contributed by atoms with Crippen LogP contribution in [0.1, 0.15) is 34.6 Å². The smallest absolute Gasteiger partial charge is 0.243 e. The number of amides is 2. The summed E-state index contributed by atoms with van der Waals surface area (Å²) in [6, 6.07) is 14.6. The van der Waals surface area contributed by atoms with Gasteiger partial charge in [0.05, 0.1) is 18.3 Å². The van der Waals surface area contributed by atoms with Gasteiger partial charge >= 0.3 is 0 Å². The molecule has 0 bridgehead atoms. The van der Waals surface area contributed by atoms with Gasteiger partial charge in [0.1, 0.15) is 5.75 Å². The van der Waals surface area contributed by atoms with E-state index in [4.69, 9.17) is 4.74 Å². The predicted molar refractivity (Wildman–Crippen MR) is 114 cm³/mol. The Morgan fingerprint density at radius 2 is 1.61 bits per heavy atom. The van der Waals surface area contributed by atoms with E-state index in [-0.39, 0.29) is 24.5 Å². The van der Waals surface area contributed by atoms with Gasteiger partial charge in [-0.15, -0.1) is 0 Å². The number of benzene rings is 2. The summed E-state index contributed by atoms with van der Waals surface area (Å²) in [7, 11) is 0. The van der Waals surface area contributed by atoms with E-state index in [0.29, 0.717) is 17.1 Å². The summed E-state index contributed by atoms with van der Waals surface area (Å²) in [6.45, 7) is 9.54. The van der Waals surface area contributed by atoms with Crippen LogP contribution >= 0.6 is 0 Å². The molecule has 6 heteroatoms. The van der Waals surface area contributed by atoms with Crippen LogP contribution in [0.4, 0.5) is 17.1 Å². The molecular formula is C22H29N3O3. The van der Waals surface area contributed by atoms with Gasteiger partial charge in [0.15, 0.2) is 0 Å². The second-order valence-corrected chi connectivity index (χ2v) is 7.85. The summed E-state index contributed by atoms with van der Waals surface area (Å²) in [5.74, 6) is 0.426. The number of para-hydroxylation sites is 2. The molecule has 0 spiro atoms. The van der Waals surface area contributed by atoms with Crippen LogP contribution in [-0.2, 0) is 9.59 Å². The zero-order valence-electron chi connectivity index (χ0n) is 17.1. The standard InChI is InChI=1S/C22H29N3O3/c1-15(2)28-19-12-7-6-11-18(19)23-14-20(26)24-16-9-8-10-17(13-16)25-21(27)22(3,4)5/h6-13,15,23H,14H2,1-5H3,(H,24,26)(H,25,27). The van der Waals surface area contributed by atoms with E-state index in [2.05, 4.69) is 16.0 Å². The lowest BCUT2D eigenvalue weighted by molar-refractivity contribution is -0.123. The van der Waals surface area contributed by atoms with Crippen LogP contribution in [0.2, 0.25) is 0 Å². The Hall–Kier alpha value is -3.02. The van der Waals surface area contributed by atoms with Crippen molar-refractivity contribution in [2.24, 2.45) is 5.41 Å². The molecule has 0 aromatic heterocycles. The van der Waals surface area contributed by atoms with E-state index in [1.54, 1.807) is 24.3 Å². The topological polar surface area (TPSA) is 79.5 Å². The van der Waals surface area contributed by atoms with Gasteiger partial charge in [0, 0.05) is 16.8 Å². The Labute approximate surface area is 166 Å². The fraction of sp³-hybridized carbons (Fsp3) is 0.364. The van der Waals surface area contributed by atoms with Gasteiger partial charge in [-0.3, -0.25) is 9.59 Å². The van der Waals surface area contributed by atoms with Crippen LogP contribution in [0.3, 0.4) is 0 Å². The highest BCUT2D eigenvalue weighted by molar-refractivity contribution is 5.97. The molecule has 3 N–H and O–H groups in total. The first kappa shape index (κ1) is 21.3. The monoisotopic (exact) mass is 383 g/mol. The van der Waals surface area contributed by atoms with E-state index >= 15 is 0 Å². The lowest BCUT2D eigenvalue weighted by atomic mass is 9.95. The normalized spacial score (nSPS) is 11.1. The number of anilines is 3. The van der Waals surface area contributed by atoms with Gasteiger partial charge in [0.2, 0.25) is 11.8 Å². The second kappa shape index (κ2) is 9.26. The predicted octanol–water partition coefficient (Wildman–Crippen LogP) is 4.51. The van der Waals surface area contributed by atoms with Crippen LogP contribution < -0.4 is 20.7 Å². The average molecular weight is 383 g/mol. The molecular weight excluding hydrogens is 354 g/mol. The minimum absolute atomic E-state index is 0.0443. The van der Waals surface area contributed by atoms with E-state index in [1.807, 2.05) is 58.9 Å². The van der Waals surface area contributed by atoms with Crippen molar-refractivity contribution in [3.05, 3.63) is 48.5 Å². The number of hydrogen-bond acceptors (Lipinski definition) is 4. The summed E-state index contributed by atoms with van der Waals surface area (Å²) in [5.41, 5.74) is 1.53. The quantitative estimate of drug-likeness (QED) is 0.657. The maximum absolute atomic E-state index is 12.3. The SMILES string of the molecule is CC(C)Oc1ccccc1NCC(=O)Nc1cccc(NC(=O)C(C)(C)C)c1. The van der Waals surface area contributed by atoms with E-state index in [0.717, 1.165) is 5.69 Å². The molecule has 0 aliphatic heterocycles. The second-order valence-electron chi connectivity index (χ2n) is 7.85. The first-order valence-corrected chi connectivity index (χ1v) is 9.36. The lowest BCUT2D eigenvalue weighted by Crippen LogP contribution is -2.27. The largest absolute Gasteiger partial charge is 0.489 e. The molecule has 0 radical (unpaired) electrons. The van der Waals surface area contributed by atoms with Crippen molar-refractivity contribution in [1.82, 2.24) is 0 Å². The van der Waals surface area contributed by atoms with Crippen LogP contribution in [0, 0.1) is 5.41 Å². The summed E-state index contributed by atoms with van der Waals surface area (Å²) < 4.78 is 5.74. The maximum atomic E-state index is 12.3. The van der Waals surface area contributed by atoms with Crippen molar-refractivity contribution in [1.29, 1.82) is 0 Å². The Bertz CT molecular complexity index is 826. The lowest BCUT2D eigenvalue weighted by Gasteiger charge is -2.18. The Morgan fingerprint density at radius 3 is 2.25 bits per heavy atom. The number of hydrogen-bond donors (Lipinski definition) is 3. The minimum atomic E-state index is -0.491. The number of rotatable bonds is 7. The average Bonchev–Trinajstić information content (AvgIpc) is 2.60. The van der Waals surface area contributed by atoms with Gasteiger partial charge in [-0.05, 0) is 44.2 Å². The third-order valence-corrected chi connectivity index (χ3v) is 3.77. The summed E-state index contributed by atoms with van der Waals surface area (Å²) in [5, 5.41) is 8.79. The van der Waals surface area contributed by atoms with E-state index in [9.17, 15) is 9.59 Å². The van der Waals surface area contributed by atoms with Crippen molar-refractivity contribution in [2.45, 2.75) is 40.7 Å². The minimum Gasteiger partial charge on any atom is -0.489 e. The van der Waals surface area contributed by atoms with Gasteiger partial charge in [0.25, 0.3) is 0 Å². The van der Waals surface area contributed by atoms with Gasteiger partial charge in [-0.2, -0.15) is 0 Å². The Morgan fingerprint density at radius 1 is 0.964 bits per heavy atom. The van der Waals surface area contributed by atoms with Crippen LogP contribution in [-0.4, -0.2) is 24.5 Å². The highest BCUT2D eigenvalue weighted by Crippen LogP contribution is 2.25. The van der Waals surface area contributed by atoms with E-state index in [1.165, 1.54) is 0 Å². The molecule has 0 fully saturated rings. The maximum Gasteiger partial charge on any atom is 0.243 e. The van der Waals surface area contributed by atoms with Crippen LogP contribution in [0.5, 0.6) is 5.75 Å². The molecule has 0 heterocycles. The van der Waals surface area contributed by atoms with Crippen molar-refractivity contribution in [3.8, 4) is 5.75 Å². The molecule has 150 valence electrons. The fourth-order valence-corrected chi connectivity index (χ4v) is 2.34. The fourth-order valence-electron chi connectivity index (χ4n) is 2.34. The number of ether oxygens (including phenoxy) is 1. The molecule has 0 aliphatic rings. The molecule has 28 heavy (non-hydrogen) atoms. The molecule has 0 unspecified atom stereocenters.